The van der Waals surface area contributed by atoms with Gasteiger partial charge in [-0.05, 0) is 12.5 Å². The Morgan fingerprint density at radius 2 is 1.96 bits per heavy atom. The van der Waals surface area contributed by atoms with Crippen molar-refractivity contribution in [3.8, 4) is 5.88 Å². The van der Waals surface area contributed by atoms with E-state index in [0.29, 0.717) is 17.5 Å². The number of benzene rings is 1. The van der Waals surface area contributed by atoms with Crippen LogP contribution in [0.3, 0.4) is 0 Å². The maximum atomic E-state index is 11.8. The predicted molar refractivity (Wildman–Crippen MR) is 98.6 cm³/mol. The first kappa shape index (κ1) is 20.0. The third-order valence-electron chi connectivity index (χ3n) is 3.10. The van der Waals surface area contributed by atoms with E-state index in [1.54, 1.807) is 6.08 Å². The van der Waals surface area contributed by atoms with Crippen molar-refractivity contribution in [3.63, 3.8) is 0 Å². The zero-order chi connectivity index (χ0) is 18.1. The molecule has 5 nitrogen and oxygen atoms in total. The van der Waals surface area contributed by atoms with E-state index in [1.807, 2.05) is 45.0 Å². The fourth-order valence-corrected chi connectivity index (χ4v) is 2.90. The molecular weight excluding hydrogens is 324 g/mol. The number of allylic oxidation sites excluding steroid dienone is 1. The minimum absolute atomic E-state index is 0.301. The van der Waals surface area contributed by atoms with E-state index in [0.717, 1.165) is 17.2 Å². The quantitative estimate of drug-likeness (QED) is 0.476. The van der Waals surface area contributed by atoms with Crippen LogP contribution < -0.4 is 5.56 Å². The van der Waals surface area contributed by atoms with Crippen LogP contribution in [0.15, 0.2) is 52.9 Å². The summed E-state index contributed by atoms with van der Waals surface area (Å²) in [6.45, 7) is 9.89. The lowest BCUT2D eigenvalue weighted by Crippen LogP contribution is -2.21. The molecule has 1 atom stereocenters. The van der Waals surface area contributed by atoms with E-state index in [9.17, 15) is 15.0 Å². The first-order chi connectivity index (χ1) is 11.5. The van der Waals surface area contributed by atoms with Gasteiger partial charge in [-0.25, -0.2) is 0 Å². The fraction of sp³-hybridized carbons (Fsp3) is 0.333. The lowest BCUT2D eigenvalue weighted by molar-refractivity contribution is 0.204. The summed E-state index contributed by atoms with van der Waals surface area (Å²) in [4.78, 5) is 15.8. The summed E-state index contributed by atoms with van der Waals surface area (Å²) in [7, 11) is 0. The Bertz CT molecular complexity index is 711. The maximum absolute atomic E-state index is 11.8. The average molecular weight is 348 g/mol. The molecule has 24 heavy (non-hydrogen) atoms. The molecule has 6 heteroatoms. The SMILES string of the molecule is C=CCn1c(SCC(O)c2ccc(C)cc2)nc(O)cc1=O.CC. The number of hydrogen-bond donors (Lipinski definition) is 2. The zero-order valence-electron chi connectivity index (χ0n) is 14.3. The minimum atomic E-state index is -0.679. The van der Waals surface area contributed by atoms with Crippen LogP contribution >= 0.6 is 11.8 Å². The summed E-state index contributed by atoms with van der Waals surface area (Å²) in [5.74, 6) is 0.00783. The lowest BCUT2D eigenvalue weighted by Gasteiger charge is -2.13. The molecule has 2 rings (SSSR count). The molecule has 0 saturated carbocycles. The third kappa shape index (κ3) is 5.54. The molecule has 0 saturated heterocycles. The van der Waals surface area contributed by atoms with Crippen LogP contribution in [0.4, 0.5) is 0 Å². The molecule has 0 amide bonds. The number of aromatic hydroxyl groups is 1. The van der Waals surface area contributed by atoms with Gasteiger partial charge < -0.3 is 10.2 Å². The van der Waals surface area contributed by atoms with Crippen molar-refractivity contribution in [2.45, 2.75) is 38.6 Å². The summed E-state index contributed by atoms with van der Waals surface area (Å²) in [5.41, 5.74) is 1.58. The number of thioether (sulfide) groups is 1. The minimum Gasteiger partial charge on any atom is -0.493 e. The van der Waals surface area contributed by atoms with Crippen molar-refractivity contribution in [2.24, 2.45) is 0 Å². The maximum Gasteiger partial charge on any atom is 0.258 e. The number of nitrogens with zero attached hydrogens (tertiary/aromatic N) is 2. The van der Waals surface area contributed by atoms with Gasteiger partial charge in [-0.2, -0.15) is 4.98 Å². The van der Waals surface area contributed by atoms with Gasteiger partial charge >= 0.3 is 0 Å². The molecule has 2 aromatic rings. The third-order valence-corrected chi connectivity index (χ3v) is 4.16. The number of hydrogen-bond acceptors (Lipinski definition) is 5. The van der Waals surface area contributed by atoms with Crippen LogP contribution in [0.5, 0.6) is 5.88 Å². The smallest absolute Gasteiger partial charge is 0.258 e. The Balaban J connectivity index is 0.00000139. The molecule has 1 unspecified atom stereocenters. The van der Waals surface area contributed by atoms with Crippen molar-refractivity contribution >= 4 is 11.8 Å². The molecule has 0 aliphatic heterocycles. The Labute approximate surface area is 146 Å². The predicted octanol–water partition coefficient (Wildman–Crippen LogP) is 3.30. The fourth-order valence-electron chi connectivity index (χ4n) is 1.92. The van der Waals surface area contributed by atoms with Crippen molar-refractivity contribution in [1.82, 2.24) is 9.55 Å². The van der Waals surface area contributed by atoms with E-state index in [1.165, 1.54) is 16.3 Å². The second kappa shape index (κ2) is 9.95. The molecule has 0 aliphatic carbocycles. The average Bonchev–Trinajstić information content (AvgIpc) is 2.58. The number of aliphatic hydroxyl groups excluding tert-OH is 1. The molecule has 1 aromatic carbocycles. The molecule has 0 radical (unpaired) electrons. The molecule has 0 aliphatic rings. The second-order valence-corrected chi connectivity index (χ2v) is 5.86. The highest BCUT2D eigenvalue weighted by Gasteiger charge is 2.12. The van der Waals surface area contributed by atoms with Gasteiger partial charge in [0.15, 0.2) is 5.16 Å². The summed E-state index contributed by atoms with van der Waals surface area (Å²) in [5, 5.41) is 20.0. The monoisotopic (exact) mass is 348 g/mol. The number of rotatable bonds is 6. The molecule has 0 fully saturated rings. The van der Waals surface area contributed by atoms with Gasteiger partial charge in [-0.3, -0.25) is 9.36 Å². The van der Waals surface area contributed by atoms with Crippen molar-refractivity contribution in [3.05, 3.63) is 64.5 Å². The Morgan fingerprint density at radius 3 is 2.54 bits per heavy atom. The van der Waals surface area contributed by atoms with Gasteiger partial charge in [0, 0.05) is 12.3 Å². The van der Waals surface area contributed by atoms with Crippen molar-refractivity contribution < 1.29 is 10.2 Å². The van der Waals surface area contributed by atoms with Crippen LogP contribution in [0.25, 0.3) is 0 Å². The molecule has 2 N–H and O–H groups in total. The molecule has 130 valence electrons. The Hall–Kier alpha value is -2.05. The molecule has 0 spiro atoms. The Kier molecular flexibility index (Phi) is 8.29. The second-order valence-electron chi connectivity index (χ2n) is 4.87. The highest BCUT2D eigenvalue weighted by Crippen LogP contribution is 2.24. The highest BCUT2D eigenvalue weighted by atomic mass is 32.2. The largest absolute Gasteiger partial charge is 0.493 e. The highest BCUT2D eigenvalue weighted by molar-refractivity contribution is 7.99. The summed E-state index contributed by atoms with van der Waals surface area (Å²) >= 11 is 1.22. The van der Waals surface area contributed by atoms with Crippen LogP contribution in [-0.2, 0) is 6.54 Å². The van der Waals surface area contributed by atoms with Crippen LogP contribution in [0, 0.1) is 6.92 Å². The lowest BCUT2D eigenvalue weighted by atomic mass is 10.1. The number of aromatic nitrogens is 2. The van der Waals surface area contributed by atoms with E-state index >= 15 is 0 Å². The van der Waals surface area contributed by atoms with Gasteiger partial charge in [0.2, 0.25) is 5.88 Å². The number of aliphatic hydroxyl groups is 1. The molecule has 1 aromatic heterocycles. The summed E-state index contributed by atoms with van der Waals surface area (Å²) < 4.78 is 1.40. The van der Waals surface area contributed by atoms with Gasteiger partial charge in [0.25, 0.3) is 5.56 Å². The number of aryl methyl sites for hydroxylation is 1. The van der Waals surface area contributed by atoms with E-state index < -0.39 is 6.10 Å². The molecule has 1 heterocycles. The zero-order valence-corrected chi connectivity index (χ0v) is 15.1. The van der Waals surface area contributed by atoms with Crippen LogP contribution in [0.2, 0.25) is 0 Å². The van der Waals surface area contributed by atoms with Crippen LogP contribution in [-0.4, -0.2) is 25.5 Å². The van der Waals surface area contributed by atoms with Crippen LogP contribution in [0.1, 0.15) is 31.1 Å². The molecular formula is C18H24N2O3S. The first-order valence-electron chi connectivity index (χ1n) is 7.80. The van der Waals surface area contributed by atoms with Gasteiger partial charge in [0.05, 0.1) is 12.2 Å². The topological polar surface area (TPSA) is 75.3 Å². The normalized spacial score (nSPS) is 11.3. The van der Waals surface area contributed by atoms with Gasteiger partial charge in [-0.15, -0.1) is 6.58 Å². The summed E-state index contributed by atoms with van der Waals surface area (Å²) in [6, 6.07) is 8.66. The van der Waals surface area contributed by atoms with Crippen molar-refractivity contribution in [1.29, 1.82) is 0 Å². The standard InChI is InChI=1S/C16H18N2O3S.C2H6/c1-3-8-18-15(21)9-14(20)17-16(18)22-10-13(19)12-6-4-11(2)5-7-12;1-2/h3-7,9,13,19-20H,1,8,10H2,2H3;1-2H3. The first-order valence-corrected chi connectivity index (χ1v) is 8.79. The van der Waals surface area contributed by atoms with E-state index in [-0.39, 0.29) is 11.4 Å². The van der Waals surface area contributed by atoms with E-state index in [2.05, 4.69) is 11.6 Å². The van der Waals surface area contributed by atoms with E-state index in [4.69, 9.17) is 0 Å². The van der Waals surface area contributed by atoms with Crippen molar-refractivity contribution in [2.75, 3.05) is 5.75 Å². The summed E-state index contributed by atoms with van der Waals surface area (Å²) in [6.07, 6.45) is 0.905. The Morgan fingerprint density at radius 1 is 1.33 bits per heavy atom. The van der Waals surface area contributed by atoms with Gasteiger partial charge in [0.1, 0.15) is 0 Å². The molecule has 0 bridgehead atoms. The van der Waals surface area contributed by atoms with Gasteiger partial charge in [-0.1, -0.05) is 61.5 Å².